The van der Waals surface area contributed by atoms with Gasteiger partial charge in [-0.25, -0.2) is 17.6 Å². The quantitative estimate of drug-likeness (QED) is 0.254. The molecule has 2 aromatic carbocycles. The second kappa shape index (κ2) is 8.94. The van der Waals surface area contributed by atoms with E-state index in [1.165, 1.54) is 12.1 Å². The Morgan fingerprint density at radius 3 is 1.83 bits per heavy atom. The summed E-state index contributed by atoms with van der Waals surface area (Å²) in [6.07, 6.45) is 0. The number of carbonyl (C=O) groups is 1. The van der Waals surface area contributed by atoms with Crippen molar-refractivity contribution in [2.45, 2.75) is 54.2 Å². The van der Waals surface area contributed by atoms with Crippen LogP contribution in [0.4, 0.5) is 17.6 Å². The first kappa shape index (κ1) is 24.2. The first-order valence-corrected chi connectivity index (χ1v) is 10.9. The van der Waals surface area contributed by atoms with Crippen LogP contribution in [0.25, 0.3) is 0 Å². The third kappa shape index (κ3) is 4.62. The molecule has 0 aliphatic carbocycles. The standard InChI is InChI=1S/C19H18F4O5S2/c1-8(2)10-6-13(11(9(3)4)5-12(10)28-7-24)29-18-14(20)16(22)19(30(25,26)27)17(23)15(18)21/h5-9H,1-4H3,(H,25,26,27). The number of halogens is 4. The number of rotatable bonds is 7. The van der Waals surface area contributed by atoms with Gasteiger partial charge in [-0.3, -0.25) is 9.35 Å². The van der Waals surface area contributed by atoms with Crippen molar-refractivity contribution in [3.63, 3.8) is 0 Å². The van der Waals surface area contributed by atoms with Gasteiger partial charge in [0, 0.05) is 4.90 Å². The fraction of sp³-hybridized carbons (Fsp3) is 0.316. The van der Waals surface area contributed by atoms with Crippen molar-refractivity contribution >= 4 is 28.4 Å². The maximum absolute atomic E-state index is 14.5. The molecule has 2 rings (SSSR count). The van der Waals surface area contributed by atoms with E-state index in [4.69, 9.17) is 9.29 Å². The minimum Gasteiger partial charge on any atom is -0.428 e. The molecule has 2 aromatic rings. The minimum atomic E-state index is -5.54. The Kier molecular flexibility index (Phi) is 7.20. The molecule has 11 heteroatoms. The normalized spacial score (nSPS) is 12.0. The summed E-state index contributed by atoms with van der Waals surface area (Å²) < 4.78 is 93.3. The molecule has 0 aromatic heterocycles. The van der Waals surface area contributed by atoms with Crippen LogP contribution in [0.2, 0.25) is 0 Å². The van der Waals surface area contributed by atoms with E-state index in [0.717, 1.165) is 0 Å². The summed E-state index contributed by atoms with van der Waals surface area (Å²) in [5.74, 6) is -8.55. The highest BCUT2D eigenvalue weighted by Gasteiger charge is 2.33. The molecule has 5 nitrogen and oxygen atoms in total. The summed E-state index contributed by atoms with van der Waals surface area (Å²) in [5, 5.41) is 0. The number of hydrogen-bond acceptors (Lipinski definition) is 5. The van der Waals surface area contributed by atoms with E-state index >= 15 is 0 Å². The molecule has 0 amide bonds. The molecule has 164 valence electrons. The lowest BCUT2D eigenvalue weighted by Crippen LogP contribution is -2.11. The topological polar surface area (TPSA) is 80.7 Å². The van der Waals surface area contributed by atoms with Crippen molar-refractivity contribution in [1.29, 1.82) is 0 Å². The zero-order chi connectivity index (χ0) is 23.0. The zero-order valence-corrected chi connectivity index (χ0v) is 17.9. The van der Waals surface area contributed by atoms with E-state index in [1.807, 2.05) is 0 Å². The molecule has 0 heterocycles. The van der Waals surface area contributed by atoms with E-state index in [9.17, 15) is 30.8 Å². The highest BCUT2D eigenvalue weighted by molar-refractivity contribution is 7.99. The van der Waals surface area contributed by atoms with Crippen LogP contribution < -0.4 is 4.74 Å². The minimum absolute atomic E-state index is 0.175. The first-order valence-electron chi connectivity index (χ1n) is 8.60. The molecule has 1 N–H and O–H groups in total. The van der Waals surface area contributed by atoms with E-state index in [0.29, 0.717) is 22.9 Å². The summed E-state index contributed by atoms with van der Waals surface area (Å²) in [5.41, 5.74) is 0.977. The average Bonchev–Trinajstić information content (AvgIpc) is 2.63. The van der Waals surface area contributed by atoms with Crippen molar-refractivity contribution in [2.24, 2.45) is 0 Å². The van der Waals surface area contributed by atoms with Crippen LogP contribution in [-0.2, 0) is 14.9 Å². The lowest BCUT2D eigenvalue weighted by atomic mass is 9.96. The molecule has 0 atom stereocenters. The smallest absolute Gasteiger partial charge is 0.300 e. The van der Waals surface area contributed by atoms with Crippen molar-refractivity contribution in [1.82, 2.24) is 0 Å². The highest BCUT2D eigenvalue weighted by Crippen LogP contribution is 2.43. The maximum atomic E-state index is 14.5. The van der Waals surface area contributed by atoms with Gasteiger partial charge in [0.1, 0.15) is 5.75 Å². The molecule has 0 saturated heterocycles. The van der Waals surface area contributed by atoms with E-state index in [1.54, 1.807) is 27.7 Å². The number of carbonyl (C=O) groups excluding carboxylic acids is 1. The predicted octanol–water partition coefficient (Wildman–Crippen LogP) is 5.42. The maximum Gasteiger partial charge on any atom is 0.300 e. The van der Waals surface area contributed by atoms with Gasteiger partial charge >= 0.3 is 10.1 Å². The Labute approximate surface area is 175 Å². The van der Waals surface area contributed by atoms with Crippen molar-refractivity contribution in [3.05, 3.63) is 46.5 Å². The third-order valence-electron chi connectivity index (χ3n) is 4.21. The fourth-order valence-corrected chi connectivity index (χ4v) is 4.56. The summed E-state index contributed by atoms with van der Waals surface area (Å²) in [7, 11) is -5.54. The van der Waals surface area contributed by atoms with E-state index < -0.39 is 43.2 Å². The largest absolute Gasteiger partial charge is 0.428 e. The second-order valence-electron chi connectivity index (χ2n) is 6.94. The highest BCUT2D eigenvalue weighted by atomic mass is 32.2. The van der Waals surface area contributed by atoms with Gasteiger partial charge < -0.3 is 4.74 Å². The molecule has 0 unspecified atom stereocenters. The number of hydrogen-bond donors (Lipinski definition) is 1. The van der Waals surface area contributed by atoms with E-state index in [-0.39, 0.29) is 29.0 Å². The van der Waals surface area contributed by atoms with Crippen LogP contribution in [0.3, 0.4) is 0 Å². The molecular formula is C19H18F4O5S2. The molecule has 0 radical (unpaired) electrons. The van der Waals surface area contributed by atoms with Crippen LogP contribution in [0.15, 0.2) is 26.8 Å². The monoisotopic (exact) mass is 466 g/mol. The van der Waals surface area contributed by atoms with Crippen molar-refractivity contribution in [3.8, 4) is 5.75 Å². The van der Waals surface area contributed by atoms with Crippen LogP contribution in [0, 0.1) is 23.3 Å². The summed E-state index contributed by atoms with van der Waals surface area (Å²) in [4.78, 5) is 7.82. The lowest BCUT2D eigenvalue weighted by molar-refractivity contribution is -0.120. The fourth-order valence-electron chi connectivity index (χ4n) is 2.75. The lowest BCUT2D eigenvalue weighted by Gasteiger charge is -2.19. The predicted molar refractivity (Wildman–Crippen MR) is 102 cm³/mol. The van der Waals surface area contributed by atoms with Crippen molar-refractivity contribution in [2.75, 3.05) is 0 Å². The van der Waals surface area contributed by atoms with Gasteiger partial charge in [0.05, 0.1) is 4.90 Å². The van der Waals surface area contributed by atoms with Gasteiger partial charge in [-0.05, 0) is 35.1 Å². The Morgan fingerprint density at radius 2 is 1.43 bits per heavy atom. The molecule has 0 saturated carbocycles. The van der Waals surface area contributed by atoms with Gasteiger partial charge in [-0.2, -0.15) is 8.42 Å². The number of benzene rings is 2. The van der Waals surface area contributed by atoms with Gasteiger partial charge in [-0.1, -0.05) is 39.5 Å². The Bertz CT molecular complexity index is 1070. The summed E-state index contributed by atoms with van der Waals surface area (Å²) in [6, 6.07) is 2.97. The van der Waals surface area contributed by atoms with Gasteiger partial charge in [0.25, 0.3) is 6.47 Å². The SMILES string of the molecule is CC(C)c1cc(Sc2c(F)c(F)c(S(=O)(=O)O)c(F)c2F)c(C(C)C)cc1OC=O. The Morgan fingerprint density at radius 1 is 0.933 bits per heavy atom. The molecule has 0 bridgehead atoms. The third-order valence-corrected chi connectivity index (χ3v) is 6.22. The number of ether oxygens (including phenoxy) is 1. The second-order valence-corrected chi connectivity index (χ2v) is 9.35. The molecule has 0 spiro atoms. The Hall–Kier alpha value is -2.11. The molecular weight excluding hydrogens is 448 g/mol. The average molecular weight is 466 g/mol. The van der Waals surface area contributed by atoms with Crippen LogP contribution in [-0.4, -0.2) is 19.4 Å². The van der Waals surface area contributed by atoms with E-state index in [2.05, 4.69) is 0 Å². The van der Waals surface area contributed by atoms with Gasteiger partial charge in [-0.15, -0.1) is 0 Å². The molecule has 0 fully saturated rings. The Balaban J connectivity index is 2.76. The van der Waals surface area contributed by atoms with Crippen molar-refractivity contribution < 1.29 is 40.1 Å². The molecule has 0 aliphatic rings. The van der Waals surface area contributed by atoms with Crippen LogP contribution in [0.5, 0.6) is 5.75 Å². The summed E-state index contributed by atoms with van der Waals surface area (Å²) >= 11 is 0.351. The molecule has 30 heavy (non-hydrogen) atoms. The van der Waals surface area contributed by atoms with Gasteiger partial charge in [0.2, 0.25) is 0 Å². The zero-order valence-electron chi connectivity index (χ0n) is 16.3. The summed E-state index contributed by atoms with van der Waals surface area (Å²) in [6.45, 7) is 7.27. The molecule has 0 aliphatic heterocycles. The van der Waals surface area contributed by atoms with Crippen LogP contribution in [0.1, 0.15) is 50.7 Å². The van der Waals surface area contributed by atoms with Gasteiger partial charge in [0.15, 0.2) is 28.2 Å². The first-order chi connectivity index (χ1) is 13.8. The van der Waals surface area contributed by atoms with Crippen LogP contribution >= 0.6 is 11.8 Å².